The predicted octanol–water partition coefficient (Wildman–Crippen LogP) is 6.98. The molecule has 2 aromatic carbocycles. The first-order valence-electron chi connectivity index (χ1n) is 16.6. The summed E-state index contributed by atoms with van der Waals surface area (Å²) in [6, 6.07) is 13.0. The van der Waals surface area contributed by atoms with Gasteiger partial charge in [-0.2, -0.15) is 0 Å². The third-order valence-electron chi connectivity index (χ3n) is 10.3. The van der Waals surface area contributed by atoms with Crippen molar-refractivity contribution in [3.05, 3.63) is 87.0 Å². The van der Waals surface area contributed by atoms with Crippen LogP contribution in [0.5, 0.6) is 5.75 Å². The van der Waals surface area contributed by atoms with Crippen LogP contribution in [-0.2, 0) is 17.7 Å². The summed E-state index contributed by atoms with van der Waals surface area (Å²) in [6.07, 6.45) is 6.96. The number of hydrogen-bond donors (Lipinski definition) is 3. The summed E-state index contributed by atoms with van der Waals surface area (Å²) in [5.41, 5.74) is 12.3. The van der Waals surface area contributed by atoms with Gasteiger partial charge in [0.05, 0.1) is 13.7 Å². The standard InChI is InChI=1S/C38H40N4O5S/c1-21-16-24(20-39)17-22(2)32(21)41-35(43)28-18-29-31(47-14-9-25-10-15-48-34(25)29)19-27(28)26-4-5-30(40-33(26)37(45)46-3)36(44)42-38-11-6-23(7-12-38)8-13-38/h4-5,10,15-19,23H,6-9,11-14,20,39H2,1-3H3,(H,41,43)(H,42,44). The molecule has 0 unspecified atom stereocenters. The number of amides is 2. The number of anilines is 1. The van der Waals surface area contributed by atoms with E-state index < -0.39 is 5.97 Å². The first-order chi connectivity index (χ1) is 23.2. The first-order valence-corrected chi connectivity index (χ1v) is 17.5. The number of nitrogens with one attached hydrogen (secondary N) is 2. The second-order valence-electron chi connectivity index (χ2n) is 13.3. The number of fused-ring (bicyclic) bond motifs is 6. The Bertz CT molecular complexity index is 1900. The molecule has 3 fully saturated rings. The van der Waals surface area contributed by atoms with E-state index in [1.807, 2.05) is 37.4 Å². The summed E-state index contributed by atoms with van der Waals surface area (Å²) in [4.78, 5) is 46.9. The molecule has 9 nitrogen and oxygen atoms in total. The lowest BCUT2D eigenvalue weighted by Gasteiger charge is -2.46. The number of pyridine rings is 1. The highest BCUT2D eigenvalue weighted by atomic mass is 32.1. The number of nitrogens with two attached hydrogens (primary N) is 1. The van der Waals surface area contributed by atoms with Crippen LogP contribution in [0.1, 0.15) is 92.1 Å². The monoisotopic (exact) mass is 664 g/mol. The van der Waals surface area contributed by atoms with Gasteiger partial charge < -0.3 is 25.8 Å². The molecule has 248 valence electrons. The summed E-state index contributed by atoms with van der Waals surface area (Å²) < 4.78 is 11.4. The van der Waals surface area contributed by atoms with Crippen molar-refractivity contribution in [1.29, 1.82) is 0 Å². The van der Waals surface area contributed by atoms with Crippen molar-refractivity contribution in [2.24, 2.45) is 11.7 Å². The number of hydrogen-bond acceptors (Lipinski definition) is 8. The van der Waals surface area contributed by atoms with Crippen molar-refractivity contribution in [2.45, 2.75) is 70.9 Å². The molecule has 0 atom stereocenters. The van der Waals surface area contributed by atoms with Crippen molar-refractivity contribution in [1.82, 2.24) is 10.3 Å². The van der Waals surface area contributed by atoms with E-state index >= 15 is 0 Å². The smallest absolute Gasteiger partial charge is 0.357 e. The van der Waals surface area contributed by atoms with Crippen molar-refractivity contribution < 1.29 is 23.9 Å². The van der Waals surface area contributed by atoms with Crippen LogP contribution in [0.2, 0.25) is 0 Å². The van der Waals surface area contributed by atoms with Crippen LogP contribution in [0.4, 0.5) is 5.69 Å². The van der Waals surface area contributed by atoms with Crippen LogP contribution in [0.3, 0.4) is 0 Å². The molecule has 4 N–H and O–H groups in total. The number of nitrogens with zero attached hydrogens (tertiary/aromatic N) is 1. The van der Waals surface area contributed by atoms with E-state index in [1.54, 1.807) is 29.5 Å². The average molecular weight is 665 g/mol. The summed E-state index contributed by atoms with van der Waals surface area (Å²) >= 11 is 1.60. The lowest BCUT2D eigenvalue weighted by molar-refractivity contribution is 0.0594. The molecule has 2 amide bonds. The number of esters is 1. The normalized spacial score (nSPS) is 19.4. The number of aryl methyl sites for hydroxylation is 2. The van der Waals surface area contributed by atoms with Gasteiger partial charge in [-0.1, -0.05) is 12.1 Å². The zero-order valence-electron chi connectivity index (χ0n) is 27.5. The van der Waals surface area contributed by atoms with Gasteiger partial charge in [-0.15, -0.1) is 11.3 Å². The molecule has 2 bridgehead atoms. The van der Waals surface area contributed by atoms with Crippen molar-refractivity contribution >= 4 is 34.8 Å². The summed E-state index contributed by atoms with van der Waals surface area (Å²) in [5, 5.41) is 8.44. The van der Waals surface area contributed by atoms with Gasteiger partial charge in [0.2, 0.25) is 0 Å². The van der Waals surface area contributed by atoms with Crippen LogP contribution in [0.15, 0.2) is 47.8 Å². The van der Waals surface area contributed by atoms with Crippen LogP contribution >= 0.6 is 11.3 Å². The number of methoxy groups -OCH3 is 1. The zero-order valence-corrected chi connectivity index (χ0v) is 28.4. The number of carbonyl (C=O) groups excluding carboxylic acids is 3. The number of thiophene rings is 1. The summed E-state index contributed by atoms with van der Waals surface area (Å²) in [6.45, 7) is 4.74. The quantitative estimate of drug-likeness (QED) is 0.182. The minimum atomic E-state index is -0.706. The SMILES string of the molecule is COC(=O)c1nc(C(=O)NC23CCC(CC2)CC3)ccc1-c1cc2c(cc1C(=O)Nc1c(C)cc(CN)cc1C)-c1sccc1CCO2. The van der Waals surface area contributed by atoms with Crippen LogP contribution in [0.25, 0.3) is 21.6 Å². The molecule has 48 heavy (non-hydrogen) atoms. The minimum Gasteiger partial charge on any atom is -0.493 e. The predicted molar refractivity (Wildman–Crippen MR) is 187 cm³/mol. The molecule has 2 aromatic heterocycles. The Labute approximate surface area is 284 Å². The van der Waals surface area contributed by atoms with Gasteiger partial charge in [-0.05, 0) is 116 Å². The fourth-order valence-electron chi connectivity index (χ4n) is 7.67. The molecular formula is C38H40N4O5S. The third-order valence-corrected chi connectivity index (χ3v) is 11.3. The number of carbonyl (C=O) groups is 3. The largest absolute Gasteiger partial charge is 0.493 e. The molecule has 1 aliphatic heterocycles. The third kappa shape index (κ3) is 5.88. The zero-order chi connectivity index (χ0) is 33.6. The molecule has 3 aliphatic carbocycles. The van der Waals surface area contributed by atoms with Gasteiger partial charge in [0.15, 0.2) is 5.69 Å². The van der Waals surface area contributed by atoms with Gasteiger partial charge in [0.1, 0.15) is 11.4 Å². The molecule has 8 rings (SSSR count). The molecule has 3 heterocycles. The second-order valence-corrected chi connectivity index (χ2v) is 14.2. The highest BCUT2D eigenvalue weighted by Crippen LogP contribution is 2.45. The van der Waals surface area contributed by atoms with E-state index in [0.29, 0.717) is 41.3 Å². The van der Waals surface area contributed by atoms with Gasteiger partial charge in [0, 0.05) is 51.3 Å². The maximum Gasteiger partial charge on any atom is 0.357 e. The van der Waals surface area contributed by atoms with Crippen LogP contribution in [-0.4, -0.2) is 42.0 Å². The van der Waals surface area contributed by atoms with Gasteiger partial charge in [0.25, 0.3) is 11.8 Å². The fourth-order valence-corrected chi connectivity index (χ4v) is 8.65. The van der Waals surface area contributed by atoms with Gasteiger partial charge >= 0.3 is 5.97 Å². The Balaban J connectivity index is 1.33. The lowest BCUT2D eigenvalue weighted by Crippen LogP contribution is -2.53. The van der Waals surface area contributed by atoms with Crippen molar-refractivity contribution in [2.75, 3.05) is 19.0 Å². The minimum absolute atomic E-state index is 0.0471. The number of ether oxygens (including phenoxy) is 2. The Morgan fingerprint density at radius 3 is 2.40 bits per heavy atom. The molecule has 10 heteroatoms. The van der Waals surface area contributed by atoms with Crippen LogP contribution < -0.4 is 21.1 Å². The maximum atomic E-state index is 14.3. The first kappa shape index (κ1) is 32.0. The Hall–Kier alpha value is -4.54. The maximum absolute atomic E-state index is 14.3. The van der Waals surface area contributed by atoms with E-state index in [2.05, 4.69) is 21.7 Å². The molecular weight excluding hydrogens is 625 g/mol. The highest BCUT2D eigenvalue weighted by Gasteiger charge is 2.41. The van der Waals surface area contributed by atoms with Crippen molar-refractivity contribution in [3.8, 4) is 27.3 Å². The Morgan fingerprint density at radius 2 is 1.71 bits per heavy atom. The number of aromatic nitrogens is 1. The van der Waals surface area contributed by atoms with Gasteiger partial charge in [-0.25, -0.2) is 9.78 Å². The van der Waals surface area contributed by atoms with Crippen molar-refractivity contribution in [3.63, 3.8) is 0 Å². The molecule has 4 aromatic rings. The highest BCUT2D eigenvalue weighted by molar-refractivity contribution is 7.13. The fraction of sp³-hybridized carbons (Fsp3) is 0.368. The average Bonchev–Trinajstić information content (AvgIpc) is 3.50. The topological polar surface area (TPSA) is 133 Å². The van der Waals surface area contributed by atoms with E-state index in [1.165, 1.54) is 7.11 Å². The van der Waals surface area contributed by atoms with Crippen LogP contribution in [0, 0.1) is 19.8 Å². The Kier molecular flexibility index (Phi) is 8.55. The van der Waals surface area contributed by atoms with E-state index in [0.717, 1.165) is 83.6 Å². The van der Waals surface area contributed by atoms with E-state index in [4.69, 9.17) is 15.2 Å². The molecule has 0 spiro atoms. The van der Waals surface area contributed by atoms with E-state index in [-0.39, 0.29) is 28.7 Å². The number of benzene rings is 2. The molecule has 4 aliphatic rings. The summed E-state index contributed by atoms with van der Waals surface area (Å²) in [7, 11) is 1.28. The molecule has 0 saturated heterocycles. The number of rotatable bonds is 7. The summed E-state index contributed by atoms with van der Waals surface area (Å²) in [5.74, 6) is -0.0123. The molecule has 3 saturated carbocycles. The second kappa shape index (κ2) is 12.8. The van der Waals surface area contributed by atoms with E-state index in [9.17, 15) is 14.4 Å². The lowest BCUT2D eigenvalue weighted by atomic mass is 9.66. The Morgan fingerprint density at radius 1 is 0.979 bits per heavy atom. The van der Waals surface area contributed by atoms with Gasteiger partial charge in [-0.3, -0.25) is 9.59 Å². The molecule has 0 radical (unpaired) electrons.